The summed E-state index contributed by atoms with van der Waals surface area (Å²) in [7, 11) is 0. The van der Waals surface area contributed by atoms with E-state index >= 15 is 0 Å². The molecular weight excluding hydrogens is 279 g/mol. The molecule has 1 aliphatic heterocycles. The van der Waals surface area contributed by atoms with Gasteiger partial charge in [-0.3, -0.25) is 4.90 Å². The molecule has 106 valence electrons. The summed E-state index contributed by atoms with van der Waals surface area (Å²) in [5, 5.41) is 0. The molecule has 2 rings (SSSR count). The van der Waals surface area contributed by atoms with Gasteiger partial charge in [0, 0.05) is 25.4 Å². The molecule has 1 aromatic carbocycles. The maximum Gasteiger partial charge on any atom is 0.401 e. The molecule has 0 aliphatic carbocycles. The van der Waals surface area contributed by atoms with E-state index in [0.717, 1.165) is 11.3 Å². The van der Waals surface area contributed by atoms with Crippen LogP contribution in [0.25, 0.3) is 0 Å². The number of fused-ring (bicyclic) bond motifs is 1. The van der Waals surface area contributed by atoms with Crippen LogP contribution >= 0.6 is 11.6 Å². The highest BCUT2D eigenvalue weighted by atomic mass is 35.5. The molecule has 19 heavy (non-hydrogen) atoms. The van der Waals surface area contributed by atoms with Crippen molar-refractivity contribution in [3.05, 3.63) is 29.8 Å². The van der Waals surface area contributed by atoms with Gasteiger partial charge in [0.25, 0.3) is 0 Å². The highest BCUT2D eigenvalue weighted by molar-refractivity contribution is 6.18. The largest absolute Gasteiger partial charge is 0.488 e. The summed E-state index contributed by atoms with van der Waals surface area (Å²) in [6.45, 7) is -0.506. The minimum Gasteiger partial charge on any atom is -0.488 e. The topological polar surface area (TPSA) is 12.5 Å². The first-order valence-corrected chi connectivity index (χ1v) is 6.61. The molecule has 1 aromatic rings. The predicted molar refractivity (Wildman–Crippen MR) is 67.8 cm³/mol. The fraction of sp³-hybridized carbons (Fsp3) is 0.538. The Morgan fingerprint density at radius 2 is 2.05 bits per heavy atom. The molecule has 1 aliphatic rings. The van der Waals surface area contributed by atoms with Crippen molar-refractivity contribution >= 4 is 11.6 Å². The lowest BCUT2D eigenvalue weighted by atomic mass is 10.1. The molecule has 0 radical (unpaired) electrons. The van der Waals surface area contributed by atoms with Crippen molar-refractivity contribution in [2.24, 2.45) is 0 Å². The minimum atomic E-state index is -4.21. The molecule has 1 atom stereocenters. The summed E-state index contributed by atoms with van der Waals surface area (Å²) in [6, 6.07) is 7.53. The monoisotopic (exact) mass is 293 g/mol. The van der Waals surface area contributed by atoms with E-state index in [2.05, 4.69) is 0 Å². The van der Waals surface area contributed by atoms with Crippen molar-refractivity contribution < 1.29 is 17.9 Å². The molecule has 0 saturated carbocycles. The number of halogens is 4. The highest BCUT2D eigenvalue weighted by Gasteiger charge is 2.33. The third kappa shape index (κ3) is 4.28. The Morgan fingerprint density at radius 1 is 1.32 bits per heavy atom. The number of hydrogen-bond donors (Lipinski definition) is 0. The lowest BCUT2D eigenvalue weighted by Crippen LogP contribution is -2.41. The predicted octanol–water partition coefficient (Wildman–Crippen LogP) is 3.09. The van der Waals surface area contributed by atoms with E-state index in [4.69, 9.17) is 16.3 Å². The first kappa shape index (κ1) is 14.5. The normalized spacial score (nSPS) is 18.5. The molecule has 1 heterocycles. The summed E-state index contributed by atoms with van der Waals surface area (Å²) in [5.41, 5.74) is 1.05. The highest BCUT2D eigenvalue weighted by Crippen LogP contribution is 2.29. The van der Waals surface area contributed by atoms with Crippen molar-refractivity contribution in [2.45, 2.75) is 18.7 Å². The first-order chi connectivity index (χ1) is 8.98. The Bertz CT molecular complexity index is 400. The van der Waals surface area contributed by atoms with E-state index < -0.39 is 12.7 Å². The zero-order chi connectivity index (χ0) is 13.9. The number of rotatable bonds is 5. The van der Waals surface area contributed by atoms with Crippen LogP contribution in [0.4, 0.5) is 13.2 Å². The Morgan fingerprint density at radius 3 is 2.68 bits per heavy atom. The van der Waals surface area contributed by atoms with Crippen LogP contribution in [0.3, 0.4) is 0 Å². The second kappa shape index (κ2) is 6.01. The molecule has 0 saturated heterocycles. The summed E-state index contributed by atoms with van der Waals surface area (Å²) in [6.07, 6.45) is -3.80. The molecule has 1 unspecified atom stereocenters. The summed E-state index contributed by atoms with van der Waals surface area (Å²) < 4.78 is 43.0. The van der Waals surface area contributed by atoms with Gasteiger partial charge in [0.15, 0.2) is 0 Å². The zero-order valence-electron chi connectivity index (χ0n) is 10.3. The standard InChI is InChI=1S/C13H15ClF3NO/c14-5-6-18(9-13(15,16)17)8-11-7-10-3-1-2-4-12(10)19-11/h1-4,11H,5-9H2. The van der Waals surface area contributed by atoms with E-state index in [1.807, 2.05) is 24.3 Å². The fourth-order valence-corrected chi connectivity index (χ4v) is 2.49. The van der Waals surface area contributed by atoms with Crippen LogP contribution in [0, 0.1) is 0 Å². The Hall–Kier alpha value is -0.940. The van der Waals surface area contributed by atoms with E-state index in [9.17, 15) is 13.2 Å². The maximum absolute atomic E-state index is 12.4. The van der Waals surface area contributed by atoms with Gasteiger partial charge in [-0.15, -0.1) is 11.6 Å². The van der Waals surface area contributed by atoms with Gasteiger partial charge in [-0.1, -0.05) is 18.2 Å². The molecule has 2 nitrogen and oxygen atoms in total. The first-order valence-electron chi connectivity index (χ1n) is 6.07. The van der Waals surface area contributed by atoms with E-state index in [1.54, 1.807) is 0 Å². The number of nitrogens with zero attached hydrogens (tertiary/aromatic N) is 1. The molecule has 0 N–H and O–H groups in total. The summed E-state index contributed by atoms with van der Waals surface area (Å²) in [4.78, 5) is 1.30. The quantitative estimate of drug-likeness (QED) is 0.774. The van der Waals surface area contributed by atoms with Crippen molar-refractivity contribution in [1.82, 2.24) is 4.90 Å². The number of para-hydroxylation sites is 1. The lowest BCUT2D eigenvalue weighted by molar-refractivity contribution is -0.147. The van der Waals surface area contributed by atoms with Gasteiger partial charge in [-0.05, 0) is 11.6 Å². The Kier molecular flexibility index (Phi) is 4.58. The maximum atomic E-state index is 12.4. The van der Waals surface area contributed by atoms with Crippen LogP contribution in [-0.2, 0) is 6.42 Å². The molecule has 6 heteroatoms. The number of ether oxygens (including phenoxy) is 1. The van der Waals surface area contributed by atoms with Gasteiger partial charge in [0.05, 0.1) is 6.54 Å². The summed E-state index contributed by atoms with van der Waals surface area (Å²) in [5.74, 6) is 0.945. The number of benzene rings is 1. The SMILES string of the molecule is FC(F)(F)CN(CCCl)CC1Cc2ccccc2O1. The van der Waals surface area contributed by atoms with Gasteiger partial charge >= 0.3 is 6.18 Å². The van der Waals surface area contributed by atoms with E-state index in [1.165, 1.54) is 4.90 Å². The van der Waals surface area contributed by atoms with Gasteiger partial charge in [0.1, 0.15) is 11.9 Å². The molecule has 0 bridgehead atoms. The molecule has 0 amide bonds. The van der Waals surface area contributed by atoms with Gasteiger partial charge < -0.3 is 4.74 Å². The third-order valence-corrected chi connectivity index (χ3v) is 3.15. The van der Waals surface area contributed by atoms with Crippen LogP contribution < -0.4 is 4.74 Å². The van der Waals surface area contributed by atoms with Crippen molar-refractivity contribution in [3.8, 4) is 5.75 Å². The zero-order valence-corrected chi connectivity index (χ0v) is 11.0. The second-order valence-electron chi connectivity index (χ2n) is 4.59. The minimum absolute atomic E-state index is 0.176. The van der Waals surface area contributed by atoms with Crippen molar-refractivity contribution in [3.63, 3.8) is 0 Å². The van der Waals surface area contributed by atoms with Crippen LogP contribution in [0.1, 0.15) is 5.56 Å². The average Bonchev–Trinajstić information content (AvgIpc) is 2.69. The van der Waals surface area contributed by atoms with Gasteiger partial charge in [-0.2, -0.15) is 13.2 Å². The Labute approximate surface area is 115 Å². The van der Waals surface area contributed by atoms with Crippen molar-refractivity contribution in [2.75, 3.05) is 25.5 Å². The molecule has 0 spiro atoms. The molecular formula is C13H15ClF3NO. The third-order valence-electron chi connectivity index (χ3n) is 2.98. The van der Waals surface area contributed by atoms with Crippen LogP contribution in [0.2, 0.25) is 0 Å². The van der Waals surface area contributed by atoms with Crippen LogP contribution in [0.5, 0.6) is 5.75 Å². The lowest BCUT2D eigenvalue weighted by Gasteiger charge is -2.25. The Balaban J connectivity index is 1.93. The van der Waals surface area contributed by atoms with Gasteiger partial charge in [-0.25, -0.2) is 0 Å². The number of hydrogen-bond acceptors (Lipinski definition) is 2. The van der Waals surface area contributed by atoms with Crippen molar-refractivity contribution in [1.29, 1.82) is 0 Å². The van der Waals surface area contributed by atoms with Crippen LogP contribution in [0.15, 0.2) is 24.3 Å². The summed E-state index contributed by atoms with van der Waals surface area (Å²) >= 11 is 5.55. The smallest absolute Gasteiger partial charge is 0.401 e. The molecule has 0 aromatic heterocycles. The fourth-order valence-electron chi connectivity index (χ4n) is 2.25. The molecule has 0 fully saturated rings. The number of alkyl halides is 4. The average molecular weight is 294 g/mol. The van der Waals surface area contributed by atoms with E-state index in [0.29, 0.717) is 6.42 Å². The van der Waals surface area contributed by atoms with Crippen LogP contribution in [-0.4, -0.2) is 42.7 Å². The second-order valence-corrected chi connectivity index (χ2v) is 4.97. The van der Waals surface area contributed by atoms with Gasteiger partial charge in [0.2, 0.25) is 0 Å². The van der Waals surface area contributed by atoms with E-state index in [-0.39, 0.29) is 25.1 Å².